The summed E-state index contributed by atoms with van der Waals surface area (Å²) in [6, 6.07) is 6.32. The first kappa shape index (κ1) is 15.2. The van der Waals surface area contributed by atoms with Gasteiger partial charge in [0.05, 0.1) is 0 Å². The minimum atomic E-state index is -4.50. The number of benzene rings is 1. The van der Waals surface area contributed by atoms with E-state index in [1.807, 2.05) is 0 Å². The molecule has 0 bridgehead atoms. The number of hydrogen-bond acceptors (Lipinski definition) is 3. The Bertz CT molecular complexity index is 477. The van der Waals surface area contributed by atoms with Crippen LogP contribution in [-0.4, -0.2) is 27.3 Å². The van der Waals surface area contributed by atoms with Gasteiger partial charge in [-0.15, -0.1) is 0 Å². The Morgan fingerprint density at radius 3 is 2.28 bits per heavy atom. The summed E-state index contributed by atoms with van der Waals surface area (Å²) in [6.45, 7) is 1.99. The van der Waals surface area contributed by atoms with Crippen LogP contribution in [0.25, 0.3) is 0 Å². The highest BCUT2D eigenvalue weighted by Crippen LogP contribution is 2.50. The van der Waals surface area contributed by atoms with Crippen LogP contribution in [0.3, 0.4) is 0 Å². The van der Waals surface area contributed by atoms with Crippen molar-refractivity contribution in [3.05, 3.63) is 29.3 Å². The largest absolute Gasteiger partial charge is 0.486 e. The molecule has 1 rings (SSSR count). The number of rotatable bonds is 5. The molecule has 1 aromatic rings. The number of ether oxygens (including phenoxy) is 1. The fourth-order valence-electron chi connectivity index (χ4n) is 1.02. The van der Waals surface area contributed by atoms with Crippen molar-refractivity contribution < 1.29 is 23.9 Å². The highest BCUT2D eigenvalue weighted by atomic mass is 35.5. The lowest BCUT2D eigenvalue weighted by Gasteiger charge is -2.23. The van der Waals surface area contributed by atoms with Gasteiger partial charge in [-0.3, -0.25) is 9.36 Å². The highest BCUT2D eigenvalue weighted by Gasteiger charge is 2.44. The molecule has 0 amide bonds. The van der Waals surface area contributed by atoms with Gasteiger partial charge in [-0.05, 0) is 38.1 Å². The van der Waals surface area contributed by atoms with E-state index in [1.165, 1.54) is 13.8 Å². The predicted molar refractivity (Wildman–Crippen MR) is 68.1 cm³/mol. The average Bonchev–Trinajstić information content (AvgIpc) is 2.26. The monoisotopic (exact) mass is 292 g/mol. The Balaban J connectivity index is 2.67. The van der Waals surface area contributed by atoms with E-state index in [0.29, 0.717) is 10.8 Å². The van der Waals surface area contributed by atoms with Crippen LogP contribution in [-0.2, 0) is 9.36 Å². The molecular formula is C11H14ClO5P. The van der Waals surface area contributed by atoms with Crippen LogP contribution in [0, 0.1) is 0 Å². The van der Waals surface area contributed by atoms with E-state index in [1.54, 1.807) is 24.3 Å². The Morgan fingerprint density at radius 1 is 1.33 bits per heavy atom. The van der Waals surface area contributed by atoms with Crippen LogP contribution in [0.4, 0.5) is 0 Å². The zero-order valence-electron chi connectivity index (χ0n) is 9.96. The van der Waals surface area contributed by atoms with E-state index in [-0.39, 0.29) is 0 Å². The Hall–Kier alpha value is -0.870. The average molecular weight is 293 g/mol. The molecule has 0 fully saturated rings. The molecular weight excluding hydrogens is 279 g/mol. The van der Waals surface area contributed by atoms with E-state index >= 15 is 0 Å². The molecule has 1 aromatic carbocycles. The van der Waals surface area contributed by atoms with Crippen molar-refractivity contribution in [2.45, 2.75) is 19.0 Å². The van der Waals surface area contributed by atoms with E-state index < -0.39 is 25.1 Å². The summed E-state index contributed by atoms with van der Waals surface area (Å²) in [6.07, 6.45) is 0. The third-order valence-electron chi connectivity index (χ3n) is 2.59. The Kier molecular flexibility index (Phi) is 4.56. The van der Waals surface area contributed by atoms with Crippen LogP contribution in [0.15, 0.2) is 24.3 Å². The smallest absolute Gasteiger partial charge is 0.338 e. The maximum atomic E-state index is 11.7. The molecule has 0 aliphatic carbocycles. The molecule has 0 heterocycles. The maximum absolute atomic E-state index is 11.7. The van der Waals surface area contributed by atoms with E-state index in [4.69, 9.17) is 26.1 Å². The molecule has 0 saturated heterocycles. The fraction of sp³-hybridized carbons (Fsp3) is 0.364. The van der Waals surface area contributed by atoms with Gasteiger partial charge in [0, 0.05) is 5.02 Å². The molecule has 0 aliphatic rings. The molecule has 0 saturated carbocycles. The number of halogens is 1. The van der Waals surface area contributed by atoms with E-state index in [2.05, 4.69) is 0 Å². The highest BCUT2D eigenvalue weighted by molar-refractivity contribution is 7.54. The van der Waals surface area contributed by atoms with Crippen LogP contribution in [0.2, 0.25) is 5.02 Å². The Labute approximate surface area is 110 Å². The summed E-state index contributed by atoms with van der Waals surface area (Å²) in [5.74, 6) is -0.250. The number of carbonyl (C=O) groups is 1. The lowest BCUT2D eigenvalue weighted by molar-refractivity contribution is -0.123. The second-order valence-corrected chi connectivity index (χ2v) is 6.91. The minimum absolute atomic E-state index is 0.403. The molecule has 0 spiro atoms. The standard InChI is InChI=1S/C11H14ClO5P/c1-11(2,18(14,15)16)10(13)7-17-9-5-3-8(12)4-6-9/h3-6H,7H2,1-2H3,(H2,14,15,16). The number of carbonyl (C=O) groups excluding carboxylic acids is 1. The van der Waals surface area contributed by atoms with Crippen molar-refractivity contribution in [1.29, 1.82) is 0 Å². The first-order chi connectivity index (χ1) is 8.14. The molecule has 7 heteroatoms. The maximum Gasteiger partial charge on any atom is 0.338 e. The van der Waals surface area contributed by atoms with Gasteiger partial charge in [0.25, 0.3) is 0 Å². The molecule has 0 radical (unpaired) electrons. The summed E-state index contributed by atoms with van der Waals surface area (Å²) < 4.78 is 16.3. The lowest BCUT2D eigenvalue weighted by Crippen LogP contribution is -2.35. The lowest BCUT2D eigenvalue weighted by atomic mass is 10.1. The minimum Gasteiger partial charge on any atom is -0.486 e. The van der Waals surface area contributed by atoms with Crippen molar-refractivity contribution >= 4 is 25.0 Å². The molecule has 0 aliphatic heterocycles. The zero-order valence-corrected chi connectivity index (χ0v) is 11.6. The fourth-order valence-corrected chi connectivity index (χ4v) is 1.53. The third-order valence-corrected chi connectivity index (χ3v) is 4.55. The van der Waals surface area contributed by atoms with Gasteiger partial charge in [-0.2, -0.15) is 0 Å². The van der Waals surface area contributed by atoms with Crippen LogP contribution in [0.1, 0.15) is 13.8 Å². The normalized spacial score (nSPS) is 12.3. The first-order valence-electron chi connectivity index (χ1n) is 5.12. The van der Waals surface area contributed by atoms with Gasteiger partial charge >= 0.3 is 7.60 Å². The van der Waals surface area contributed by atoms with Gasteiger partial charge in [0.15, 0.2) is 5.78 Å². The number of ketones is 1. The molecule has 5 nitrogen and oxygen atoms in total. The molecule has 2 N–H and O–H groups in total. The van der Waals surface area contributed by atoms with Gasteiger partial charge in [-0.25, -0.2) is 0 Å². The van der Waals surface area contributed by atoms with E-state index in [9.17, 15) is 9.36 Å². The molecule has 100 valence electrons. The molecule has 18 heavy (non-hydrogen) atoms. The second-order valence-electron chi connectivity index (χ2n) is 4.27. The molecule has 0 unspecified atom stereocenters. The van der Waals surface area contributed by atoms with Crippen molar-refractivity contribution in [1.82, 2.24) is 0 Å². The third kappa shape index (κ3) is 3.56. The SMILES string of the molecule is CC(C)(C(=O)COc1ccc(Cl)cc1)P(=O)(O)O. The zero-order chi connectivity index (χ0) is 14.0. The van der Waals surface area contributed by atoms with Crippen molar-refractivity contribution in [3.63, 3.8) is 0 Å². The summed E-state index contributed by atoms with van der Waals surface area (Å²) in [4.78, 5) is 29.8. The topological polar surface area (TPSA) is 83.8 Å². The predicted octanol–water partition coefficient (Wildman–Crippen LogP) is 2.24. The second kappa shape index (κ2) is 5.41. The van der Waals surface area contributed by atoms with Crippen molar-refractivity contribution in [2.24, 2.45) is 0 Å². The first-order valence-corrected chi connectivity index (χ1v) is 7.11. The van der Waals surface area contributed by atoms with Crippen molar-refractivity contribution in [3.8, 4) is 5.75 Å². The summed E-state index contributed by atoms with van der Waals surface area (Å²) in [5, 5.41) is -1.22. The summed E-state index contributed by atoms with van der Waals surface area (Å²) >= 11 is 5.68. The van der Waals surface area contributed by atoms with Gasteiger partial charge in [-0.1, -0.05) is 11.6 Å². The number of Topliss-reactive ketones (excluding diaryl/α,β-unsaturated/α-hetero) is 1. The summed E-state index contributed by atoms with van der Waals surface area (Å²) in [7, 11) is -4.50. The summed E-state index contributed by atoms with van der Waals surface area (Å²) in [5.41, 5.74) is 0. The van der Waals surface area contributed by atoms with Gasteiger partial charge in [0.2, 0.25) is 0 Å². The number of hydrogen-bond donors (Lipinski definition) is 2. The molecule has 0 atom stereocenters. The van der Waals surface area contributed by atoms with Gasteiger partial charge in [0.1, 0.15) is 17.5 Å². The Morgan fingerprint density at radius 2 is 1.83 bits per heavy atom. The quantitative estimate of drug-likeness (QED) is 0.813. The van der Waals surface area contributed by atoms with Crippen LogP contribution >= 0.6 is 19.2 Å². The van der Waals surface area contributed by atoms with Gasteiger partial charge < -0.3 is 14.5 Å². The van der Waals surface area contributed by atoms with Crippen LogP contribution < -0.4 is 4.74 Å². The molecule has 0 aromatic heterocycles. The van der Waals surface area contributed by atoms with Crippen molar-refractivity contribution in [2.75, 3.05) is 6.61 Å². The van der Waals surface area contributed by atoms with E-state index in [0.717, 1.165) is 0 Å². The van der Waals surface area contributed by atoms with Crippen LogP contribution in [0.5, 0.6) is 5.75 Å².